The van der Waals surface area contributed by atoms with Gasteiger partial charge in [-0.15, -0.1) is 0 Å². The second-order valence-electron chi connectivity index (χ2n) is 6.47. The van der Waals surface area contributed by atoms with Crippen LogP contribution in [-0.4, -0.2) is 31.2 Å². The summed E-state index contributed by atoms with van der Waals surface area (Å²) in [5.74, 6) is 0. The molecule has 120 valence electrons. The van der Waals surface area contributed by atoms with E-state index in [0.717, 1.165) is 37.1 Å². The molecule has 1 atom stereocenters. The van der Waals surface area contributed by atoms with Crippen molar-refractivity contribution >= 4 is 10.0 Å². The van der Waals surface area contributed by atoms with Gasteiger partial charge in [0, 0.05) is 23.8 Å². The van der Waals surface area contributed by atoms with E-state index < -0.39 is 10.0 Å². The van der Waals surface area contributed by atoms with Crippen molar-refractivity contribution in [3.8, 4) is 0 Å². The Morgan fingerprint density at radius 2 is 2.14 bits per heavy atom. The molecule has 0 radical (unpaired) electrons. The third kappa shape index (κ3) is 3.46. The zero-order chi connectivity index (χ0) is 15.7. The van der Waals surface area contributed by atoms with Crippen LogP contribution in [0.4, 0.5) is 0 Å². The molecule has 1 aliphatic rings. The molecule has 0 spiro atoms. The van der Waals surface area contributed by atoms with E-state index in [1.807, 2.05) is 13.8 Å². The number of aryl methyl sites for hydroxylation is 1. The van der Waals surface area contributed by atoms with Crippen molar-refractivity contribution in [2.45, 2.75) is 64.6 Å². The number of sulfonamides is 1. The number of hydrogen-bond acceptors (Lipinski definition) is 4. The number of rotatable bonds is 6. The van der Waals surface area contributed by atoms with E-state index in [1.54, 1.807) is 0 Å². The van der Waals surface area contributed by atoms with Gasteiger partial charge in [0.2, 0.25) is 0 Å². The normalized spacial score (nSPS) is 21.8. The minimum Gasteiger partial charge on any atom is -0.313 e. The van der Waals surface area contributed by atoms with Gasteiger partial charge in [0.15, 0.2) is 5.03 Å². The molecule has 1 aliphatic carbocycles. The van der Waals surface area contributed by atoms with Crippen molar-refractivity contribution in [3.63, 3.8) is 0 Å². The summed E-state index contributed by atoms with van der Waals surface area (Å²) in [6, 6.07) is -0.0218. The first-order valence-electron chi connectivity index (χ1n) is 7.55. The molecule has 0 saturated heterocycles. The molecule has 21 heavy (non-hydrogen) atoms. The molecule has 1 aromatic heterocycles. The summed E-state index contributed by atoms with van der Waals surface area (Å²) < 4.78 is 28.2. The lowest BCUT2D eigenvalue weighted by atomic mass is 9.88. The number of aromatic nitrogens is 2. The Morgan fingerprint density at radius 1 is 1.43 bits per heavy atom. The molecule has 1 saturated carbocycles. The second-order valence-corrected chi connectivity index (χ2v) is 8.10. The highest BCUT2D eigenvalue weighted by molar-refractivity contribution is 7.89. The van der Waals surface area contributed by atoms with E-state index in [2.05, 4.69) is 34.1 Å². The fourth-order valence-electron chi connectivity index (χ4n) is 2.90. The Bertz CT molecular complexity index is 592. The van der Waals surface area contributed by atoms with Crippen molar-refractivity contribution in [3.05, 3.63) is 11.3 Å². The highest BCUT2D eigenvalue weighted by atomic mass is 32.2. The van der Waals surface area contributed by atoms with Crippen LogP contribution in [0.25, 0.3) is 0 Å². The summed E-state index contributed by atoms with van der Waals surface area (Å²) in [4.78, 5) is 0. The van der Waals surface area contributed by atoms with Crippen LogP contribution < -0.4 is 10.0 Å². The van der Waals surface area contributed by atoms with Crippen LogP contribution in [0.2, 0.25) is 0 Å². The van der Waals surface area contributed by atoms with E-state index in [9.17, 15) is 8.42 Å². The van der Waals surface area contributed by atoms with Gasteiger partial charge >= 0.3 is 0 Å². The van der Waals surface area contributed by atoms with Crippen LogP contribution in [0, 0.1) is 12.3 Å². The highest BCUT2D eigenvalue weighted by Gasteiger charge is 2.38. The topological polar surface area (TPSA) is 86.9 Å². The predicted molar refractivity (Wildman–Crippen MR) is 82.4 cm³/mol. The van der Waals surface area contributed by atoms with Gasteiger partial charge in [0.1, 0.15) is 0 Å². The molecule has 7 heteroatoms. The minimum atomic E-state index is -3.59. The average molecular weight is 314 g/mol. The summed E-state index contributed by atoms with van der Waals surface area (Å²) >= 11 is 0. The zero-order valence-corrected chi connectivity index (χ0v) is 14.1. The molecule has 1 aromatic rings. The summed E-state index contributed by atoms with van der Waals surface area (Å²) in [5.41, 5.74) is 1.52. The number of hydrogen-bond donors (Lipinski definition) is 3. The van der Waals surface area contributed by atoms with Gasteiger partial charge in [0.05, 0.1) is 0 Å². The third-order valence-electron chi connectivity index (χ3n) is 4.40. The molecular weight excluding hydrogens is 288 g/mol. The lowest BCUT2D eigenvalue weighted by Gasteiger charge is -2.27. The van der Waals surface area contributed by atoms with Gasteiger partial charge < -0.3 is 5.32 Å². The van der Waals surface area contributed by atoms with E-state index in [0.29, 0.717) is 6.54 Å². The SMILES string of the molecule is CCNCc1c(S(=O)(=O)NC2CCCC2(C)C)n[nH]c1C. The van der Waals surface area contributed by atoms with Crippen molar-refractivity contribution in [1.29, 1.82) is 0 Å². The minimum absolute atomic E-state index is 0.000252. The summed E-state index contributed by atoms with van der Waals surface area (Å²) in [5, 5.41) is 10.1. The first-order chi connectivity index (χ1) is 9.78. The summed E-state index contributed by atoms with van der Waals surface area (Å²) in [6.07, 6.45) is 2.99. The summed E-state index contributed by atoms with van der Waals surface area (Å²) in [7, 11) is -3.59. The predicted octanol–water partition coefficient (Wildman–Crippen LogP) is 1.68. The van der Waals surface area contributed by atoms with Crippen molar-refractivity contribution in [2.75, 3.05) is 6.54 Å². The Hall–Kier alpha value is -0.920. The number of nitrogens with one attached hydrogen (secondary N) is 3. The van der Waals surface area contributed by atoms with E-state index >= 15 is 0 Å². The lowest BCUT2D eigenvalue weighted by molar-refractivity contribution is 0.312. The molecule has 2 rings (SSSR count). The maximum atomic E-state index is 12.7. The molecule has 0 amide bonds. The number of nitrogens with zero attached hydrogens (tertiary/aromatic N) is 1. The van der Waals surface area contributed by atoms with Gasteiger partial charge in [-0.3, -0.25) is 5.10 Å². The Kier molecular flexibility index (Phi) is 4.75. The van der Waals surface area contributed by atoms with Crippen LogP contribution in [0.5, 0.6) is 0 Å². The maximum Gasteiger partial charge on any atom is 0.260 e. The average Bonchev–Trinajstić information content (AvgIpc) is 2.91. The molecule has 1 unspecified atom stereocenters. The van der Waals surface area contributed by atoms with Gasteiger partial charge in [-0.2, -0.15) is 5.10 Å². The molecule has 0 aromatic carbocycles. The van der Waals surface area contributed by atoms with Gasteiger partial charge in [-0.25, -0.2) is 13.1 Å². The largest absolute Gasteiger partial charge is 0.313 e. The smallest absolute Gasteiger partial charge is 0.260 e. The van der Waals surface area contributed by atoms with E-state index in [4.69, 9.17) is 0 Å². The first-order valence-corrected chi connectivity index (χ1v) is 9.03. The van der Waals surface area contributed by atoms with Gasteiger partial charge in [-0.1, -0.05) is 27.2 Å². The molecule has 0 aliphatic heterocycles. The third-order valence-corrected chi connectivity index (χ3v) is 5.84. The van der Waals surface area contributed by atoms with Crippen LogP contribution in [-0.2, 0) is 16.6 Å². The first kappa shape index (κ1) is 16.5. The van der Waals surface area contributed by atoms with Crippen molar-refractivity contribution in [1.82, 2.24) is 20.2 Å². The fourth-order valence-corrected chi connectivity index (χ4v) is 4.54. The van der Waals surface area contributed by atoms with Crippen LogP contribution in [0.3, 0.4) is 0 Å². The van der Waals surface area contributed by atoms with Crippen molar-refractivity contribution in [2.24, 2.45) is 5.41 Å². The van der Waals surface area contributed by atoms with Crippen LogP contribution in [0.15, 0.2) is 5.03 Å². The maximum absolute atomic E-state index is 12.7. The molecule has 1 fully saturated rings. The van der Waals surface area contributed by atoms with Crippen LogP contribution >= 0.6 is 0 Å². The lowest BCUT2D eigenvalue weighted by Crippen LogP contribution is -2.41. The number of H-pyrrole nitrogens is 1. The van der Waals surface area contributed by atoms with E-state index in [1.165, 1.54) is 0 Å². The highest BCUT2D eigenvalue weighted by Crippen LogP contribution is 2.38. The molecule has 6 nitrogen and oxygen atoms in total. The Balaban J connectivity index is 2.24. The number of aromatic amines is 1. The second kappa shape index (κ2) is 6.06. The zero-order valence-electron chi connectivity index (χ0n) is 13.3. The quantitative estimate of drug-likeness (QED) is 0.745. The fraction of sp³-hybridized carbons (Fsp3) is 0.786. The molecule has 0 bridgehead atoms. The monoisotopic (exact) mass is 314 g/mol. The molecule has 3 N–H and O–H groups in total. The van der Waals surface area contributed by atoms with Crippen LogP contribution in [0.1, 0.15) is 51.3 Å². The Labute approximate surface area is 127 Å². The van der Waals surface area contributed by atoms with Gasteiger partial charge in [-0.05, 0) is 31.7 Å². The Morgan fingerprint density at radius 3 is 2.71 bits per heavy atom. The van der Waals surface area contributed by atoms with E-state index in [-0.39, 0.29) is 16.5 Å². The summed E-state index contributed by atoms with van der Waals surface area (Å²) in [6.45, 7) is 9.35. The molecule has 1 heterocycles. The van der Waals surface area contributed by atoms with Gasteiger partial charge in [0.25, 0.3) is 10.0 Å². The molecular formula is C14H26N4O2S. The van der Waals surface area contributed by atoms with Crippen molar-refractivity contribution < 1.29 is 8.42 Å². The standard InChI is InChI=1S/C14H26N4O2S/c1-5-15-9-11-10(2)16-17-13(11)21(19,20)18-12-7-6-8-14(12,3)4/h12,15,18H,5-9H2,1-4H3,(H,16,17).